The van der Waals surface area contributed by atoms with Crippen LogP contribution in [0.2, 0.25) is 0 Å². The van der Waals surface area contributed by atoms with Crippen LogP contribution in [0, 0.1) is 0 Å². The van der Waals surface area contributed by atoms with Crippen molar-refractivity contribution in [3.63, 3.8) is 0 Å². The van der Waals surface area contributed by atoms with E-state index in [9.17, 15) is 17.2 Å². The molecule has 1 unspecified atom stereocenters. The third-order valence-electron chi connectivity index (χ3n) is 2.52. The molecule has 0 aromatic heterocycles. The van der Waals surface area contributed by atoms with Crippen LogP contribution in [0.15, 0.2) is 29.2 Å². The van der Waals surface area contributed by atoms with E-state index in [-0.39, 0.29) is 17.4 Å². The Morgan fingerprint density at radius 3 is 2.41 bits per heavy atom. The highest BCUT2D eigenvalue weighted by molar-refractivity contribution is 7.91. The molecule has 0 spiro atoms. The minimum Gasteiger partial charge on any atom is -0.327 e. The summed E-state index contributed by atoms with van der Waals surface area (Å²) in [7, 11) is -4.55. The van der Waals surface area contributed by atoms with Crippen LogP contribution >= 0.6 is 0 Å². The molecule has 96 valence electrons. The molecule has 1 rings (SSSR count). The maximum Gasteiger partial charge on any atom is 0.341 e. The van der Waals surface area contributed by atoms with Crippen LogP contribution in [0.25, 0.3) is 0 Å². The number of benzene rings is 1. The molecule has 0 radical (unpaired) electrons. The van der Waals surface area contributed by atoms with Gasteiger partial charge in [-0.3, -0.25) is 0 Å². The highest BCUT2D eigenvalue weighted by atomic mass is 32.2. The Hall–Kier alpha value is -1.01. The van der Waals surface area contributed by atoms with Crippen molar-refractivity contribution in [3.05, 3.63) is 29.8 Å². The van der Waals surface area contributed by atoms with E-state index in [0.29, 0.717) is 12.0 Å². The van der Waals surface area contributed by atoms with Crippen molar-refractivity contribution in [1.29, 1.82) is 0 Å². The Morgan fingerprint density at radius 1 is 1.29 bits per heavy atom. The largest absolute Gasteiger partial charge is 0.341 e. The molecule has 17 heavy (non-hydrogen) atoms. The number of hydrogen-bond acceptors (Lipinski definition) is 3. The van der Waals surface area contributed by atoms with E-state index in [1.54, 1.807) is 6.07 Å². The van der Waals surface area contributed by atoms with Crippen LogP contribution in [0.5, 0.6) is 0 Å². The normalized spacial score (nSPS) is 13.9. The maximum atomic E-state index is 12.5. The van der Waals surface area contributed by atoms with E-state index in [0.717, 1.165) is 0 Å². The SMILES string of the molecule is CCC(N)Cc1ccccc1S(=O)(=O)C(F)F. The van der Waals surface area contributed by atoms with Gasteiger partial charge in [-0.1, -0.05) is 25.1 Å². The molecule has 1 aromatic carbocycles. The Balaban J connectivity index is 3.17. The molecule has 0 aliphatic rings. The maximum absolute atomic E-state index is 12.5. The van der Waals surface area contributed by atoms with Crippen LogP contribution in [0.3, 0.4) is 0 Å². The summed E-state index contributed by atoms with van der Waals surface area (Å²) >= 11 is 0. The fraction of sp³-hybridized carbons (Fsp3) is 0.455. The van der Waals surface area contributed by atoms with E-state index in [1.165, 1.54) is 18.2 Å². The molecule has 6 heteroatoms. The summed E-state index contributed by atoms with van der Waals surface area (Å²) in [4.78, 5) is -0.320. The zero-order chi connectivity index (χ0) is 13.1. The lowest BCUT2D eigenvalue weighted by Crippen LogP contribution is -2.23. The molecule has 2 N–H and O–H groups in total. The average molecular weight is 263 g/mol. The van der Waals surface area contributed by atoms with Crippen molar-refractivity contribution in [2.45, 2.75) is 36.5 Å². The van der Waals surface area contributed by atoms with Crippen molar-refractivity contribution in [2.24, 2.45) is 5.73 Å². The fourth-order valence-corrected chi connectivity index (χ4v) is 2.45. The number of halogens is 2. The lowest BCUT2D eigenvalue weighted by Gasteiger charge is -2.13. The van der Waals surface area contributed by atoms with Crippen molar-refractivity contribution in [3.8, 4) is 0 Å². The zero-order valence-corrected chi connectivity index (χ0v) is 10.3. The molecule has 3 nitrogen and oxygen atoms in total. The van der Waals surface area contributed by atoms with Gasteiger partial charge in [0.25, 0.3) is 0 Å². The molecular formula is C11H15F2NO2S. The van der Waals surface area contributed by atoms with Crippen molar-refractivity contribution in [1.82, 2.24) is 0 Å². The summed E-state index contributed by atoms with van der Waals surface area (Å²) in [5.41, 5.74) is 6.06. The average Bonchev–Trinajstić information content (AvgIpc) is 2.29. The van der Waals surface area contributed by atoms with Crippen molar-refractivity contribution < 1.29 is 17.2 Å². The van der Waals surface area contributed by atoms with Crippen LogP contribution in [0.4, 0.5) is 8.78 Å². The summed E-state index contributed by atoms with van der Waals surface area (Å²) in [6.07, 6.45) is 0.932. The second-order valence-corrected chi connectivity index (χ2v) is 5.67. The van der Waals surface area contributed by atoms with Gasteiger partial charge in [-0.05, 0) is 24.5 Å². The van der Waals surface area contributed by atoms with Gasteiger partial charge in [0.05, 0.1) is 4.90 Å². The molecule has 1 aromatic rings. The summed E-state index contributed by atoms with van der Waals surface area (Å²) < 4.78 is 47.8. The number of sulfone groups is 1. The van der Waals surface area contributed by atoms with E-state index in [2.05, 4.69) is 0 Å². The summed E-state index contributed by atoms with van der Waals surface area (Å²) in [6.45, 7) is 1.86. The Labute approximate surface area is 99.6 Å². The first kappa shape index (κ1) is 14.1. The van der Waals surface area contributed by atoms with Crippen LogP contribution in [0.1, 0.15) is 18.9 Å². The molecular weight excluding hydrogens is 248 g/mol. The predicted molar refractivity (Wildman–Crippen MR) is 61.6 cm³/mol. The number of nitrogens with two attached hydrogens (primary N) is 1. The summed E-state index contributed by atoms with van der Waals surface area (Å²) in [5, 5.41) is 0. The first-order valence-electron chi connectivity index (χ1n) is 5.25. The minimum absolute atomic E-state index is 0.232. The Morgan fingerprint density at radius 2 is 1.88 bits per heavy atom. The number of rotatable bonds is 5. The molecule has 0 bridgehead atoms. The molecule has 0 saturated carbocycles. The molecule has 0 heterocycles. The number of alkyl halides is 2. The fourth-order valence-electron chi connectivity index (χ4n) is 1.47. The highest BCUT2D eigenvalue weighted by Crippen LogP contribution is 2.23. The molecule has 0 saturated heterocycles. The molecule has 0 amide bonds. The molecule has 0 fully saturated rings. The quantitative estimate of drug-likeness (QED) is 0.883. The van der Waals surface area contributed by atoms with Crippen LogP contribution in [-0.2, 0) is 16.3 Å². The van der Waals surface area contributed by atoms with Gasteiger partial charge in [0.15, 0.2) is 0 Å². The lowest BCUT2D eigenvalue weighted by atomic mass is 10.1. The van der Waals surface area contributed by atoms with Gasteiger partial charge in [-0.15, -0.1) is 0 Å². The molecule has 0 aliphatic heterocycles. The first-order chi connectivity index (χ1) is 7.89. The third kappa shape index (κ3) is 3.23. The standard InChI is InChI=1S/C11H15F2NO2S/c1-2-9(14)7-8-5-3-4-6-10(8)17(15,16)11(12)13/h3-6,9,11H,2,7,14H2,1H3. The van der Waals surface area contributed by atoms with Crippen LogP contribution < -0.4 is 5.73 Å². The monoisotopic (exact) mass is 263 g/mol. The zero-order valence-electron chi connectivity index (χ0n) is 9.44. The van der Waals surface area contributed by atoms with Gasteiger partial charge in [0.2, 0.25) is 9.84 Å². The van der Waals surface area contributed by atoms with E-state index in [4.69, 9.17) is 5.73 Å². The topological polar surface area (TPSA) is 60.2 Å². The van der Waals surface area contributed by atoms with Crippen LogP contribution in [-0.4, -0.2) is 20.2 Å². The van der Waals surface area contributed by atoms with Gasteiger partial charge >= 0.3 is 5.76 Å². The van der Waals surface area contributed by atoms with Gasteiger partial charge in [0.1, 0.15) is 0 Å². The van der Waals surface area contributed by atoms with Crippen molar-refractivity contribution in [2.75, 3.05) is 0 Å². The number of hydrogen-bond donors (Lipinski definition) is 1. The minimum atomic E-state index is -4.55. The Bertz CT molecular complexity index is 474. The van der Waals surface area contributed by atoms with Crippen molar-refractivity contribution >= 4 is 9.84 Å². The Kier molecular flexibility index (Phi) is 4.59. The van der Waals surface area contributed by atoms with Gasteiger partial charge in [0, 0.05) is 6.04 Å². The first-order valence-corrected chi connectivity index (χ1v) is 6.79. The smallest absolute Gasteiger partial charge is 0.327 e. The second kappa shape index (κ2) is 5.55. The van der Waals surface area contributed by atoms with Gasteiger partial charge in [-0.2, -0.15) is 8.78 Å². The van der Waals surface area contributed by atoms with E-state index >= 15 is 0 Å². The van der Waals surface area contributed by atoms with Gasteiger partial charge in [-0.25, -0.2) is 8.42 Å². The van der Waals surface area contributed by atoms with E-state index in [1.807, 2.05) is 6.92 Å². The molecule has 1 atom stereocenters. The summed E-state index contributed by atoms with van der Waals surface area (Å²) in [6, 6.07) is 5.52. The highest BCUT2D eigenvalue weighted by Gasteiger charge is 2.28. The van der Waals surface area contributed by atoms with Gasteiger partial charge < -0.3 is 5.73 Å². The second-order valence-electron chi connectivity index (χ2n) is 3.79. The molecule has 0 aliphatic carbocycles. The van der Waals surface area contributed by atoms with E-state index < -0.39 is 15.6 Å². The predicted octanol–water partition coefficient (Wildman–Crippen LogP) is 1.96. The summed E-state index contributed by atoms with van der Waals surface area (Å²) in [5.74, 6) is -3.40. The lowest BCUT2D eigenvalue weighted by molar-refractivity contribution is 0.234. The third-order valence-corrected chi connectivity index (χ3v) is 4.00.